The van der Waals surface area contributed by atoms with Gasteiger partial charge in [0.2, 0.25) is 0 Å². The SMILES string of the molecule is CCN(CC)C(=O)c1ccncc1OC[C@@H]1CCCN1C. The molecule has 0 aromatic carbocycles. The molecule has 2 heterocycles. The lowest BCUT2D eigenvalue weighted by atomic mass is 10.2. The van der Waals surface area contributed by atoms with Crippen molar-refractivity contribution < 1.29 is 9.53 Å². The van der Waals surface area contributed by atoms with Crippen molar-refractivity contribution in [3.8, 4) is 5.75 Å². The minimum atomic E-state index is 0.0113. The lowest BCUT2D eigenvalue weighted by Crippen LogP contribution is -2.32. The second-order valence-corrected chi connectivity index (χ2v) is 5.44. The summed E-state index contributed by atoms with van der Waals surface area (Å²) in [6.45, 7) is 7.09. The maximum absolute atomic E-state index is 12.5. The van der Waals surface area contributed by atoms with Crippen LogP contribution < -0.4 is 4.74 Å². The van der Waals surface area contributed by atoms with E-state index in [1.54, 1.807) is 23.4 Å². The smallest absolute Gasteiger partial charge is 0.257 e. The third-order valence-electron chi connectivity index (χ3n) is 4.17. The summed E-state index contributed by atoms with van der Waals surface area (Å²) in [5, 5.41) is 0. The van der Waals surface area contributed by atoms with Gasteiger partial charge in [0.05, 0.1) is 11.8 Å². The highest BCUT2D eigenvalue weighted by molar-refractivity contribution is 5.96. The van der Waals surface area contributed by atoms with Crippen LogP contribution in [0.25, 0.3) is 0 Å². The Morgan fingerprint density at radius 3 is 2.86 bits per heavy atom. The number of nitrogens with zero attached hydrogens (tertiary/aromatic N) is 3. The molecule has 116 valence electrons. The Morgan fingerprint density at radius 2 is 2.24 bits per heavy atom. The molecule has 0 N–H and O–H groups in total. The molecule has 1 atom stereocenters. The monoisotopic (exact) mass is 291 g/mol. The van der Waals surface area contributed by atoms with E-state index >= 15 is 0 Å². The molecule has 0 spiro atoms. The summed E-state index contributed by atoms with van der Waals surface area (Å²) >= 11 is 0. The topological polar surface area (TPSA) is 45.7 Å². The Hall–Kier alpha value is -1.62. The van der Waals surface area contributed by atoms with Gasteiger partial charge in [-0.3, -0.25) is 9.78 Å². The van der Waals surface area contributed by atoms with E-state index in [4.69, 9.17) is 4.74 Å². The molecule has 1 aliphatic heterocycles. The number of likely N-dealkylation sites (tertiary alicyclic amines) is 1. The third kappa shape index (κ3) is 3.73. The quantitative estimate of drug-likeness (QED) is 0.804. The molecule has 0 unspecified atom stereocenters. The summed E-state index contributed by atoms with van der Waals surface area (Å²) in [5.74, 6) is 0.604. The molecule has 5 heteroatoms. The first-order chi connectivity index (χ1) is 10.2. The zero-order chi connectivity index (χ0) is 15.2. The summed E-state index contributed by atoms with van der Waals surface area (Å²) < 4.78 is 5.90. The van der Waals surface area contributed by atoms with Gasteiger partial charge in [-0.05, 0) is 46.3 Å². The number of pyridine rings is 1. The molecule has 0 aliphatic carbocycles. The van der Waals surface area contributed by atoms with Crippen molar-refractivity contribution in [3.05, 3.63) is 24.0 Å². The summed E-state index contributed by atoms with van der Waals surface area (Å²) in [6, 6.07) is 2.18. The molecule has 1 aromatic heterocycles. The Balaban J connectivity index is 2.07. The number of carbonyl (C=O) groups is 1. The molecule has 0 radical (unpaired) electrons. The van der Waals surface area contributed by atoms with Crippen LogP contribution in [0.3, 0.4) is 0 Å². The van der Waals surface area contributed by atoms with Crippen LogP contribution in [0.2, 0.25) is 0 Å². The van der Waals surface area contributed by atoms with E-state index in [1.165, 1.54) is 6.42 Å². The number of hydrogen-bond acceptors (Lipinski definition) is 4. The predicted molar refractivity (Wildman–Crippen MR) is 82.6 cm³/mol. The third-order valence-corrected chi connectivity index (χ3v) is 4.17. The van der Waals surface area contributed by atoms with Gasteiger partial charge in [-0.25, -0.2) is 0 Å². The fraction of sp³-hybridized carbons (Fsp3) is 0.625. The lowest BCUT2D eigenvalue weighted by Gasteiger charge is -2.22. The van der Waals surface area contributed by atoms with Crippen molar-refractivity contribution in [2.75, 3.05) is 33.3 Å². The number of hydrogen-bond donors (Lipinski definition) is 0. The fourth-order valence-electron chi connectivity index (χ4n) is 2.73. The highest BCUT2D eigenvalue weighted by Gasteiger charge is 2.23. The number of rotatable bonds is 6. The van der Waals surface area contributed by atoms with Gasteiger partial charge in [-0.2, -0.15) is 0 Å². The molecule has 5 nitrogen and oxygen atoms in total. The van der Waals surface area contributed by atoms with Gasteiger partial charge in [-0.1, -0.05) is 0 Å². The van der Waals surface area contributed by atoms with Crippen LogP contribution in [-0.4, -0.2) is 60.0 Å². The molecule has 1 amide bonds. The van der Waals surface area contributed by atoms with Gasteiger partial charge in [0.15, 0.2) is 0 Å². The molecule has 1 saturated heterocycles. The van der Waals surface area contributed by atoms with E-state index in [0.29, 0.717) is 37.1 Å². The Bertz CT molecular complexity index is 474. The second kappa shape index (κ2) is 7.41. The highest BCUT2D eigenvalue weighted by Crippen LogP contribution is 2.21. The molecule has 0 saturated carbocycles. The number of amides is 1. The van der Waals surface area contributed by atoms with Crippen molar-refractivity contribution in [3.63, 3.8) is 0 Å². The molecule has 1 fully saturated rings. The molecular formula is C16H25N3O2. The zero-order valence-corrected chi connectivity index (χ0v) is 13.2. The fourth-order valence-corrected chi connectivity index (χ4v) is 2.73. The van der Waals surface area contributed by atoms with Crippen molar-refractivity contribution in [1.82, 2.24) is 14.8 Å². The van der Waals surface area contributed by atoms with Crippen LogP contribution >= 0.6 is 0 Å². The molecule has 2 rings (SSSR count). The van der Waals surface area contributed by atoms with Gasteiger partial charge >= 0.3 is 0 Å². The van der Waals surface area contributed by atoms with E-state index < -0.39 is 0 Å². The Morgan fingerprint density at radius 1 is 1.48 bits per heavy atom. The number of ether oxygens (including phenoxy) is 1. The van der Waals surface area contributed by atoms with Crippen LogP contribution in [0, 0.1) is 0 Å². The van der Waals surface area contributed by atoms with Gasteiger partial charge in [0, 0.05) is 25.3 Å². The normalized spacial score (nSPS) is 18.7. The first-order valence-electron chi connectivity index (χ1n) is 7.73. The summed E-state index contributed by atoms with van der Waals surface area (Å²) in [7, 11) is 2.12. The van der Waals surface area contributed by atoms with Gasteiger partial charge in [-0.15, -0.1) is 0 Å². The second-order valence-electron chi connectivity index (χ2n) is 5.44. The van der Waals surface area contributed by atoms with Crippen molar-refractivity contribution in [1.29, 1.82) is 0 Å². The maximum Gasteiger partial charge on any atom is 0.257 e. The van der Waals surface area contributed by atoms with E-state index in [1.807, 2.05) is 13.8 Å². The van der Waals surface area contributed by atoms with Crippen LogP contribution in [0.4, 0.5) is 0 Å². The van der Waals surface area contributed by atoms with E-state index in [0.717, 1.165) is 13.0 Å². The standard InChI is InChI=1S/C16H25N3O2/c1-4-19(5-2)16(20)14-8-9-17-11-15(14)21-12-13-7-6-10-18(13)3/h8-9,11,13H,4-7,10,12H2,1-3H3/t13-/m0/s1. The maximum atomic E-state index is 12.5. The summed E-state index contributed by atoms with van der Waals surface area (Å²) in [5.41, 5.74) is 0.606. The summed E-state index contributed by atoms with van der Waals surface area (Å²) in [6.07, 6.45) is 5.65. The number of likely N-dealkylation sites (N-methyl/N-ethyl adjacent to an activating group) is 1. The average molecular weight is 291 g/mol. The van der Waals surface area contributed by atoms with Crippen LogP contribution in [0.1, 0.15) is 37.0 Å². The van der Waals surface area contributed by atoms with Gasteiger partial charge < -0.3 is 14.5 Å². The number of aromatic nitrogens is 1. The predicted octanol–water partition coefficient (Wildman–Crippen LogP) is 2.04. The van der Waals surface area contributed by atoms with E-state index in [2.05, 4.69) is 16.9 Å². The average Bonchev–Trinajstić information content (AvgIpc) is 2.92. The van der Waals surface area contributed by atoms with Crippen molar-refractivity contribution in [2.45, 2.75) is 32.7 Å². The lowest BCUT2D eigenvalue weighted by molar-refractivity contribution is 0.0766. The van der Waals surface area contributed by atoms with Crippen molar-refractivity contribution in [2.24, 2.45) is 0 Å². The highest BCUT2D eigenvalue weighted by atomic mass is 16.5. The van der Waals surface area contributed by atoms with Crippen LogP contribution in [-0.2, 0) is 0 Å². The molecule has 21 heavy (non-hydrogen) atoms. The first kappa shape index (κ1) is 15.8. The molecular weight excluding hydrogens is 266 g/mol. The molecule has 1 aliphatic rings. The Kier molecular flexibility index (Phi) is 5.56. The zero-order valence-electron chi connectivity index (χ0n) is 13.2. The largest absolute Gasteiger partial charge is 0.489 e. The summed E-state index contributed by atoms with van der Waals surface area (Å²) in [4.78, 5) is 20.7. The number of carbonyl (C=O) groups excluding carboxylic acids is 1. The molecule has 1 aromatic rings. The van der Waals surface area contributed by atoms with E-state index in [9.17, 15) is 4.79 Å². The minimum absolute atomic E-state index is 0.0113. The minimum Gasteiger partial charge on any atom is -0.489 e. The molecule has 0 bridgehead atoms. The van der Waals surface area contributed by atoms with E-state index in [-0.39, 0.29) is 5.91 Å². The first-order valence-corrected chi connectivity index (χ1v) is 7.73. The van der Waals surface area contributed by atoms with Gasteiger partial charge in [0.1, 0.15) is 12.4 Å². The Labute approximate surface area is 126 Å². The van der Waals surface area contributed by atoms with Crippen molar-refractivity contribution >= 4 is 5.91 Å². The van der Waals surface area contributed by atoms with Gasteiger partial charge in [0.25, 0.3) is 5.91 Å². The van der Waals surface area contributed by atoms with Crippen LogP contribution in [0.5, 0.6) is 5.75 Å². The van der Waals surface area contributed by atoms with Crippen LogP contribution in [0.15, 0.2) is 18.5 Å².